The lowest BCUT2D eigenvalue weighted by atomic mass is 9.98. The maximum absolute atomic E-state index is 13.0. The van der Waals surface area contributed by atoms with E-state index in [1.165, 1.54) is 18.3 Å². The summed E-state index contributed by atoms with van der Waals surface area (Å²) in [6, 6.07) is 13.7. The molecule has 1 fully saturated rings. The van der Waals surface area contributed by atoms with Crippen LogP contribution in [0.15, 0.2) is 60.8 Å². The highest BCUT2D eigenvalue weighted by atomic mass is 19.4. The monoisotopic (exact) mass is 554 g/mol. The van der Waals surface area contributed by atoms with Crippen LogP contribution in [0.25, 0.3) is 11.1 Å². The van der Waals surface area contributed by atoms with Crippen LogP contribution in [0.3, 0.4) is 0 Å². The molecule has 0 saturated carbocycles. The number of alkyl halides is 3. The van der Waals surface area contributed by atoms with Gasteiger partial charge < -0.3 is 19.9 Å². The number of hydrogen-bond donors (Lipinski definition) is 1. The normalized spacial score (nSPS) is 14.5. The van der Waals surface area contributed by atoms with Crippen LogP contribution in [0, 0.1) is 6.92 Å². The Morgan fingerprint density at radius 2 is 1.65 bits per heavy atom. The zero-order chi connectivity index (χ0) is 29.1. The highest BCUT2D eigenvalue weighted by molar-refractivity contribution is 6.05. The van der Waals surface area contributed by atoms with Crippen molar-refractivity contribution in [1.29, 1.82) is 0 Å². The predicted octanol–water partition coefficient (Wildman–Crippen LogP) is 6.78. The SMILES string of the molecule is Cc1c(NC(=O)c2ccc(N3CCCN(C(=O)OC(C)(C)C)CC3)nc2)cccc1-c1ccc(C(F)(F)F)cc1. The van der Waals surface area contributed by atoms with E-state index in [4.69, 9.17) is 4.74 Å². The molecule has 3 aromatic rings. The minimum absolute atomic E-state index is 0.327. The van der Waals surface area contributed by atoms with E-state index in [1.807, 2.05) is 27.7 Å². The van der Waals surface area contributed by atoms with Gasteiger partial charge in [-0.25, -0.2) is 9.78 Å². The van der Waals surface area contributed by atoms with Crippen LogP contribution >= 0.6 is 0 Å². The Balaban J connectivity index is 1.41. The molecule has 10 heteroatoms. The number of nitrogens with zero attached hydrogens (tertiary/aromatic N) is 3. The molecule has 1 aromatic heterocycles. The summed E-state index contributed by atoms with van der Waals surface area (Å²) in [4.78, 5) is 33.7. The number of anilines is 2. The molecule has 0 unspecified atom stereocenters. The fourth-order valence-corrected chi connectivity index (χ4v) is 4.48. The molecular formula is C30H33F3N4O3. The Bertz CT molecular complexity index is 1350. The van der Waals surface area contributed by atoms with Crippen LogP contribution in [-0.4, -0.2) is 53.7 Å². The smallest absolute Gasteiger partial charge is 0.416 e. The van der Waals surface area contributed by atoms with E-state index >= 15 is 0 Å². The number of pyridine rings is 1. The molecule has 212 valence electrons. The van der Waals surface area contributed by atoms with Gasteiger partial charge in [-0.15, -0.1) is 0 Å². The Morgan fingerprint density at radius 1 is 0.925 bits per heavy atom. The largest absolute Gasteiger partial charge is 0.444 e. The number of rotatable bonds is 4. The van der Waals surface area contributed by atoms with E-state index in [9.17, 15) is 22.8 Å². The molecule has 2 aromatic carbocycles. The number of carbonyl (C=O) groups is 2. The fourth-order valence-electron chi connectivity index (χ4n) is 4.48. The summed E-state index contributed by atoms with van der Waals surface area (Å²) in [7, 11) is 0. The fraction of sp³-hybridized carbons (Fsp3) is 0.367. The third-order valence-corrected chi connectivity index (χ3v) is 6.59. The average molecular weight is 555 g/mol. The maximum Gasteiger partial charge on any atom is 0.416 e. The summed E-state index contributed by atoms with van der Waals surface area (Å²) in [5.41, 5.74) is 1.74. The third-order valence-electron chi connectivity index (χ3n) is 6.59. The van der Waals surface area contributed by atoms with Crippen molar-refractivity contribution in [3.05, 3.63) is 77.5 Å². The van der Waals surface area contributed by atoms with E-state index in [0.717, 1.165) is 29.7 Å². The van der Waals surface area contributed by atoms with Gasteiger partial charge >= 0.3 is 12.3 Å². The summed E-state index contributed by atoms with van der Waals surface area (Å²) in [5, 5.41) is 2.89. The minimum atomic E-state index is -4.40. The van der Waals surface area contributed by atoms with Gasteiger partial charge in [0, 0.05) is 38.1 Å². The van der Waals surface area contributed by atoms with Crippen LogP contribution in [0.2, 0.25) is 0 Å². The zero-order valence-electron chi connectivity index (χ0n) is 23.0. The van der Waals surface area contributed by atoms with Gasteiger partial charge in [-0.05, 0) is 81.1 Å². The Morgan fingerprint density at radius 3 is 2.27 bits per heavy atom. The lowest BCUT2D eigenvalue weighted by Gasteiger charge is -2.26. The van der Waals surface area contributed by atoms with Crippen molar-refractivity contribution in [3.63, 3.8) is 0 Å². The van der Waals surface area contributed by atoms with Gasteiger partial charge in [0.05, 0.1) is 11.1 Å². The van der Waals surface area contributed by atoms with Gasteiger partial charge in [-0.3, -0.25) is 4.79 Å². The van der Waals surface area contributed by atoms with Gasteiger partial charge in [0.1, 0.15) is 11.4 Å². The highest BCUT2D eigenvalue weighted by Crippen LogP contribution is 2.33. The van der Waals surface area contributed by atoms with Gasteiger partial charge in [-0.1, -0.05) is 24.3 Å². The molecule has 0 spiro atoms. The number of amides is 2. The summed E-state index contributed by atoms with van der Waals surface area (Å²) < 4.78 is 44.3. The van der Waals surface area contributed by atoms with Crippen molar-refractivity contribution in [2.24, 2.45) is 0 Å². The first-order valence-electron chi connectivity index (χ1n) is 13.1. The molecule has 0 radical (unpaired) electrons. The quantitative estimate of drug-likeness (QED) is 0.385. The number of benzene rings is 2. The van der Waals surface area contributed by atoms with E-state index in [1.54, 1.807) is 35.2 Å². The number of ether oxygens (including phenoxy) is 1. The second kappa shape index (κ2) is 11.6. The van der Waals surface area contributed by atoms with Crippen LogP contribution in [-0.2, 0) is 10.9 Å². The first kappa shape index (κ1) is 28.9. The summed E-state index contributed by atoms with van der Waals surface area (Å²) in [5.74, 6) is 0.363. The molecule has 7 nitrogen and oxygen atoms in total. The molecule has 40 heavy (non-hydrogen) atoms. The van der Waals surface area contributed by atoms with Crippen molar-refractivity contribution in [2.75, 3.05) is 36.4 Å². The average Bonchev–Trinajstić information content (AvgIpc) is 3.15. The zero-order valence-corrected chi connectivity index (χ0v) is 23.0. The second-order valence-electron chi connectivity index (χ2n) is 10.7. The van der Waals surface area contributed by atoms with Crippen molar-refractivity contribution < 1.29 is 27.5 Å². The summed E-state index contributed by atoms with van der Waals surface area (Å²) >= 11 is 0. The van der Waals surface area contributed by atoms with Crippen molar-refractivity contribution in [2.45, 2.75) is 45.9 Å². The number of hydrogen-bond acceptors (Lipinski definition) is 5. The van der Waals surface area contributed by atoms with E-state index in [0.29, 0.717) is 48.8 Å². The topological polar surface area (TPSA) is 74.8 Å². The number of halogens is 3. The Kier molecular flexibility index (Phi) is 8.37. The van der Waals surface area contributed by atoms with Crippen molar-refractivity contribution >= 4 is 23.5 Å². The van der Waals surface area contributed by atoms with E-state index < -0.39 is 17.3 Å². The molecule has 2 heterocycles. The number of carbonyl (C=O) groups excluding carboxylic acids is 2. The molecule has 1 saturated heterocycles. The van der Waals surface area contributed by atoms with Gasteiger partial charge in [0.15, 0.2) is 0 Å². The van der Waals surface area contributed by atoms with E-state index in [-0.39, 0.29) is 12.0 Å². The molecular weight excluding hydrogens is 521 g/mol. The lowest BCUT2D eigenvalue weighted by Crippen LogP contribution is -2.39. The van der Waals surface area contributed by atoms with Crippen LogP contribution < -0.4 is 10.2 Å². The highest BCUT2D eigenvalue weighted by Gasteiger charge is 2.30. The third kappa shape index (κ3) is 7.11. The van der Waals surface area contributed by atoms with Gasteiger partial charge in [0.2, 0.25) is 0 Å². The van der Waals surface area contributed by atoms with Crippen molar-refractivity contribution in [1.82, 2.24) is 9.88 Å². The summed E-state index contributed by atoms with van der Waals surface area (Å²) in [6.07, 6.45) is -2.46. The van der Waals surface area contributed by atoms with Crippen LogP contribution in [0.1, 0.15) is 48.7 Å². The van der Waals surface area contributed by atoms with Crippen LogP contribution in [0.4, 0.5) is 29.5 Å². The molecule has 4 rings (SSSR count). The number of aromatic nitrogens is 1. The van der Waals surface area contributed by atoms with Gasteiger partial charge in [-0.2, -0.15) is 13.2 Å². The minimum Gasteiger partial charge on any atom is -0.444 e. The molecule has 2 amide bonds. The van der Waals surface area contributed by atoms with Crippen LogP contribution in [0.5, 0.6) is 0 Å². The molecule has 1 aliphatic rings. The molecule has 0 atom stereocenters. The van der Waals surface area contributed by atoms with Crippen molar-refractivity contribution in [3.8, 4) is 11.1 Å². The summed E-state index contributed by atoms with van der Waals surface area (Å²) in [6.45, 7) is 9.74. The molecule has 1 N–H and O–H groups in total. The molecule has 0 aliphatic carbocycles. The maximum atomic E-state index is 13.0. The Labute approximate surface area is 232 Å². The molecule has 1 aliphatic heterocycles. The molecule has 0 bridgehead atoms. The predicted molar refractivity (Wildman–Crippen MR) is 148 cm³/mol. The standard InChI is InChI=1S/C30H33F3N4O3/c1-20-24(21-9-12-23(13-10-21)30(31,32)33)7-5-8-25(20)35-27(38)22-11-14-26(34-19-22)36-15-6-16-37(18-17-36)28(39)40-29(2,3)4/h5,7-14,19H,6,15-18H2,1-4H3,(H,35,38). The second-order valence-corrected chi connectivity index (χ2v) is 10.7. The first-order chi connectivity index (χ1) is 18.8. The lowest BCUT2D eigenvalue weighted by molar-refractivity contribution is -0.137. The first-order valence-corrected chi connectivity index (χ1v) is 13.1. The Hall–Kier alpha value is -4.08. The van der Waals surface area contributed by atoms with Gasteiger partial charge in [0.25, 0.3) is 5.91 Å². The van der Waals surface area contributed by atoms with E-state index in [2.05, 4.69) is 15.2 Å². The number of nitrogens with one attached hydrogen (secondary N) is 1.